The molecule has 0 unspecified atom stereocenters. The Hall–Kier alpha value is -2.35. The van der Waals surface area contributed by atoms with Gasteiger partial charge in [0.15, 0.2) is 0 Å². The minimum atomic E-state index is -0.175. The normalized spacial score (nSPS) is 11.2. The molecule has 3 aromatic rings. The first kappa shape index (κ1) is 13.6. The summed E-state index contributed by atoms with van der Waals surface area (Å²) in [5.74, 6) is 0.767. The van der Waals surface area contributed by atoms with Gasteiger partial charge in [0.2, 0.25) is 0 Å². The van der Waals surface area contributed by atoms with Crippen LogP contribution in [0.3, 0.4) is 0 Å². The molecule has 0 saturated carbocycles. The predicted octanol–water partition coefficient (Wildman–Crippen LogP) is 4.94. The maximum Gasteiger partial charge on any atom is 0.311 e. The Balaban J connectivity index is 2.06. The topological polar surface area (TPSA) is 26.3 Å². The molecule has 106 valence electrons. The SMILES string of the molecule is CC(C)CC(=O)Oc1cccc2cc3ccccc3cc12. The van der Waals surface area contributed by atoms with Crippen LogP contribution >= 0.6 is 0 Å². The zero-order chi connectivity index (χ0) is 14.8. The summed E-state index contributed by atoms with van der Waals surface area (Å²) in [6.07, 6.45) is 0.434. The van der Waals surface area contributed by atoms with E-state index in [-0.39, 0.29) is 5.97 Å². The molecular weight excluding hydrogens is 260 g/mol. The number of ether oxygens (including phenoxy) is 1. The molecule has 0 atom stereocenters. The highest BCUT2D eigenvalue weighted by atomic mass is 16.5. The number of fused-ring (bicyclic) bond motifs is 2. The second kappa shape index (κ2) is 5.57. The van der Waals surface area contributed by atoms with Gasteiger partial charge in [0.05, 0.1) is 0 Å². The molecule has 0 amide bonds. The molecule has 0 aliphatic heterocycles. The molecule has 2 heteroatoms. The first-order chi connectivity index (χ1) is 10.1. The van der Waals surface area contributed by atoms with Gasteiger partial charge in [0.25, 0.3) is 0 Å². The van der Waals surface area contributed by atoms with Gasteiger partial charge in [0.1, 0.15) is 5.75 Å². The van der Waals surface area contributed by atoms with Crippen LogP contribution in [0.4, 0.5) is 0 Å². The fraction of sp³-hybridized carbons (Fsp3) is 0.211. The Bertz CT molecular complexity index is 803. The molecule has 21 heavy (non-hydrogen) atoms. The Labute approximate surface area is 124 Å². The standard InChI is InChI=1S/C19H18O2/c1-13(2)10-19(20)21-18-9-5-8-16-11-14-6-3-4-7-15(14)12-17(16)18/h3-9,11-13H,10H2,1-2H3. The first-order valence-corrected chi connectivity index (χ1v) is 7.25. The number of carbonyl (C=O) groups excluding carboxylic acids is 1. The molecule has 0 aliphatic rings. The third-order valence-corrected chi connectivity index (χ3v) is 3.51. The van der Waals surface area contributed by atoms with Crippen LogP contribution in [0.25, 0.3) is 21.5 Å². The summed E-state index contributed by atoms with van der Waals surface area (Å²) in [4.78, 5) is 11.9. The van der Waals surface area contributed by atoms with Crippen molar-refractivity contribution in [2.24, 2.45) is 5.92 Å². The first-order valence-electron chi connectivity index (χ1n) is 7.25. The molecule has 0 saturated heterocycles. The number of hydrogen-bond donors (Lipinski definition) is 0. The van der Waals surface area contributed by atoms with E-state index in [2.05, 4.69) is 24.3 Å². The van der Waals surface area contributed by atoms with E-state index in [0.717, 1.165) is 16.2 Å². The van der Waals surface area contributed by atoms with E-state index >= 15 is 0 Å². The van der Waals surface area contributed by atoms with Crippen LogP contribution in [0.15, 0.2) is 54.6 Å². The monoisotopic (exact) mass is 278 g/mol. The zero-order valence-electron chi connectivity index (χ0n) is 12.3. The molecule has 0 heterocycles. The number of esters is 1. The molecule has 0 bridgehead atoms. The van der Waals surface area contributed by atoms with Crippen LogP contribution in [-0.4, -0.2) is 5.97 Å². The van der Waals surface area contributed by atoms with Crippen molar-refractivity contribution < 1.29 is 9.53 Å². The van der Waals surface area contributed by atoms with Crippen molar-refractivity contribution in [2.75, 3.05) is 0 Å². The largest absolute Gasteiger partial charge is 0.426 e. The van der Waals surface area contributed by atoms with Gasteiger partial charge in [-0.15, -0.1) is 0 Å². The van der Waals surface area contributed by atoms with Crippen LogP contribution in [0, 0.1) is 5.92 Å². The molecular formula is C19H18O2. The third-order valence-electron chi connectivity index (χ3n) is 3.51. The summed E-state index contributed by atoms with van der Waals surface area (Å²) >= 11 is 0. The number of carbonyl (C=O) groups is 1. The number of benzene rings is 3. The third kappa shape index (κ3) is 2.89. The Morgan fingerprint density at radius 1 is 0.952 bits per heavy atom. The Kier molecular flexibility index (Phi) is 3.61. The smallest absolute Gasteiger partial charge is 0.311 e. The lowest BCUT2D eigenvalue weighted by Crippen LogP contribution is -2.10. The second-order valence-electron chi connectivity index (χ2n) is 5.75. The number of rotatable bonds is 3. The summed E-state index contributed by atoms with van der Waals surface area (Å²) in [5.41, 5.74) is 0. The Morgan fingerprint density at radius 2 is 1.62 bits per heavy atom. The predicted molar refractivity (Wildman–Crippen MR) is 86.5 cm³/mol. The van der Waals surface area contributed by atoms with E-state index in [1.165, 1.54) is 5.39 Å². The average Bonchev–Trinajstić information content (AvgIpc) is 2.45. The van der Waals surface area contributed by atoms with Crippen molar-refractivity contribution in [2.45, 2.75) is 20.3 Å². The number of hydrogen-bond acceptors (Lipinski definition) is 2. The van der Waals surface area contributed by atoms with Crippen LogP contribution < -0.4 is 4.74 Å². The van der Waals surface area contributed by atoms with E-state index in [9.17, 15) is 4.79 Å². The summed E-state index contributed by atoms with van der Waals surface area (Å²) in [6, 6.07) is 18.2. The summed E-state index contributed by atoms with van der Waals surface area (Å²) in [7, 11) is 0. The highest BCUT2D eigenvalue weighted by Crippen LogP contribution is 2.30. The van der Waals surface area contributed by atoms with Gasteiger partial charge in [-0.25, -0.2) is 0 Å². The van der Waals surface area contributed by atoms with Crippen LogP contribution in [0.2, 0.25) is 0 Å². The van der Waals surface area contributed by atoms with Crippen LogP contribution in [-0.2, 0) is 4.79 Å². The average molecular weight is 278 g/mol. The maximum absolute atomic E-state index is 11.9. The fourth-order valence-electron chi connectivity index (χ4n) is 2.52. The second-order valence-corrected chi connectivity index (χ2v) is 5.75. The van der Waals surface area contributed by atoms with Crippen molar-refractivity contribution >= 4 is 27.5 Å². The molecule has 0 aliphatic carbocycles. The van der Waals surface area contributed by atoms with E-state index < -0.39 is 0 Å². The van der Waals surface area contributed by atoms with Crippen LogP contribution in [0.5, 0.6) is 5.75 Å². The van der Waals surface area contributed by atoms with Crippen LogP contribution in [0.1, 0.15) is 20.3 Å². The highest BCUT2D eigenvalue weighted by molar-refractivity contribution is 6.01. The van der Waals surface area contributed by atoms with Crippen molar-refractivity contribution in [3.05, 3.63) is 54.6 Å². The summed E-state index contributed by atoms with van der Waals surface area (Å²) in [5, 5.41) is 4.41. The molecule has 0 N–H and O–H groups in total. The van der Waals surface area contributed by atoms with Crippen molar-refractivity contribution in [1.82, 2.24) is 0 Å². The van der Waals surface area contributed by atoms with Crippen molar-refractivity contribution in [3.63, 3.8) is 0 Å². The fourth-order valence-corrected chi connectivity index (χ4v) is 2.52. The minimum Gasteiger partial charge on any atom is -0.426 e. The van der Waals surface area contributed by atoms with Gasteiger partial charge in [0, 0.05) is 11.8 Å². The lowest BCUT2D eigenvalue weighted by molar-refractivity contribution is -0.135. The van der Waals surface area contributed by atoms with E-state index in [1.54, 1.807) is 0 Å². The van der Waals surface area contributed by atoms with E-state index in [0.29, 0.717) is 18.1 Å². The highest BCUT2D eigenvalue weighted by Gasteiger charge is 2.10. The summed E-state index contributed by atoms with van der Waals surface area (Å²) in [6.45, 7) is 4.02. The molecule has 0 fully saturated rings. The van der Waals surface area contributed by atoms with E-state index in [4.69, 9.17) is 4.74 Å². The molecule has 0 aromatic heterocycles. The lowest BCUT2D eigenvalue weighted by atomic mass is 10.0. The molecule has 2 nitrogen and oxygen atoms in total. The van der Waals surface area contributed by atoms with Crippen molar-refractivity contribution in [1.29, 1.82) is 0 Å². The van der Waals surface area contributed by atoms with Gasteiger partial charge in [-0.3, -0.25) is 4.79 Å². The molecule has 0 spiro atoms. The van der Waals surface area contributed by atoms with Gasteiger partial charge in [-0.05, 0) is 40.3 Å². The van der Waals surface area contributed by atoms with Gasteiger partial charge in [-0.1, -0.05) is 50.2 Å². The molecule has 0 radical (unpaired) electrons. The van der Waals surface area contributed by atoms with Gasteiger partial charge >= 0.3 is 5.97 Å². The zero-order valence-corrected chi connectivity index (χ0v) is 12.3. The Morgan fingerprint density at radius 3 is 2.33 bits per heavy atom. The van der Waals surface area contributed by atoms with Crippen molar-refractivity contribution in [3.8, 4) is 5.75 Å². The van der Waals surface area contributed by atoms with Gasteiger partial charge < -0.3 is 4.74 Å². The maximum atomic E-state index is 11.9. The summed E-state index contributed by atoms with van der Waals surface area (Å²) < 4.78 is 5.55. The molecule has 3 aromatic carbocycles. The lowest BCUT2D eigenvalue weighted by Gasteiger charge is -2.10. The van der Waals surface area contributed by atoms with E-state index in [1.807, 2.05) is 44.2 Å². The van der Waals surface area contributed by atoms with Gasteiger partial charge in [-0.2, -0.15) is 0 Å². The minimum absolute atomic E-state index is 0.175. The quantitative estimate of drug-likeness (QED) is 0.385. The molecule has 3 rings (SSSR count).